The van der Waals surface area contributed by atoms with E-state index in [0.29, 0.717) is 0 Å². The maximum absolute atomic E-state index is 4.36. The number of nitrogens with zero attached hydrogens (tertiary/aromatic N) is 3. The first kappa shape index (κ1) is 11.2. The van der Waals surface area contributed by atoms with Crippen molar-refractivity contribution >= 4 is 5.69 Å². The summed E-state index contributed by atoms with van der Waals surface area (Å²) in [5, 5.41) is 8.54. The Morgan fingerprint density at radius 1 is 1.11 bits per heavy atom. The minimum absolute atomic E-state index is 1.01. The van der Waals surface area contributed by atoms with E-state index in [-0.39, 0.29) is 0 Å². The Morgan fingerprint density at radius 2 is 1.94 bits per heavy atom. The van der Waals surface area contributed by atoms with E-state index in [0.717, 1.165) is 24.2 Å². The van der Waals surface area contributed by atoms with Gasteiger partial charge in [-0.1, -0.05) is 30.3 Å². The molecule has 0 radical (unpaired) electrons. The van der Waals surface area contributed by atoms with Gasteiger partial charge in [-0.15, -0.1) is 5.10 Å². The van der Waals surface area contributed by atoms with Crippen molar-refractivity contribution in [2.75, 3.05) is 18.5 Å². The average molecular weight is 239 g/mol. The standard InChI is InChI=1S/C15H17N3/c1-18-10-6-5-9-13-11-16-17-14(15(13)18)12-7-3-2-4-8-12/h2-4,7-8,11H,5-6,9-10H2,1H3. The first-order chi connectivity index (χ1) is 8.86. The molecule has 0 saturated heterocycles. The van der Waals surface area contributed by atoms with E-state index in [1.807, 2.05) is 24.4 Å². The van der Waals surface area contributed by atoms with Gasteiger partial charge in [0.1, 0.15) is 5.69 Å². The molecule has 0 aliphatic carbocycles. The third-order valence-electron chi connectivity index (χ3n) is 3.52. The van der Waals surface area contributed by atoms with E-state index in [2.05, 4.69) is 34.3 Å². The van der Waals surface area contributed by atoms with Crippen molar-refractivity contribution in [3.05, 3.63) is 42.1 Å². The maximum Gasteiger partial charge on any atom is 0.116 e. The van der Waals surface area contributed by atoms with Crippen molar-refractivity contribution in [2.45, 2.75) is 19.3 Å². The van der Waals surface area contributed by atoms with Gasteiger partial charge in [0.15, 0.2) is 0 Å². The second-order valence-electron chi connectivity index (χ2n) is 4.81. The topological polar surface area (TPSA) is 29.0 Å². The van der Waals surface area contributed by atoms with E-state index in [1.165, 1.54) is 24.1 Å². The van der Waals surface area contributed by atoms with Gasteiger partial charge in [0.25, 0.3) is 0 Å². The average Bonchev–Trinajstić information content (AvgIpc) is 2.62. The summed E-state index contributed by atoms with van der Waals surface area (Å²) in [5.74, 6) is 0. The number of fused-ring (bicyclic) bond motifs is 1. The molecule has 0 unspecified atom stereocenters. The first-order valence-electron chi connectivity index (χ1n) is 6.47. The molecule has 0 bridgehead atoms. The predicted octanol–water partition coefficient (Wildman–Crippen LogP) is 2.92. The van der Waals surface area contributed by atoms with Crippen LogP contribution in [-0.4, -0.2) is 23.8 Å². The fourth-order valence-corrected chi connectivity index (χ4v) is 2.59. The Hall–Kier alpha value is -1.90. The van der Waals surface area contributed by atoms with Crippen LogP contribution >= 0.6 is 0 Å². The molecule has 0 fully saturated rings. The van der Waals surface area contributed by atoms with E-state index >= 15 is 0 Å². The van der Waals surface area contributed by atoms with Crippen molar-refractivity contribution in [3.8, 4) is 11.3 Å². The zero-order chi connectivity index (χ0) is 12.4. The molecule has 2 aromatic rings. The number of rotatable bonds is 1. The fraction of sp³-hybridized carbons (Fsp3) is 0.333. The zero-order valence-electron chi connectivity index (χ0n) is 10.6. The Kier molecular flexibility index (Phi) is 2.97. The highest BCUT2D eigenvalue weighted by molar-refractivity contribution is 5.77. The summed E-state index contributed by atoms with van der Waals surface area (Å²) in [4.78, 5) is 2.32. The molecule has 92 valence electrons. The molecule has 0 amide bonds. The molecule has 0 saturated carbocycles. The molecule has 2 heterocycles. The fourth-order valence-electron chi connectivity index (χ4n) is 2.59. The summed E-state index contributed by atoms with van der Waals surface area (Å²) in [6.07, 6.45) is 5.50. The summed E-state index contributed by atoms with van der Waals surface area (Å²) >= 11 is 0. The second-order valence-corrected chi connectivity index (χ2v) is 4.81. The van der Waals surface area contributed by atoms with Gasteiger partial charge in [-0.25, -0.2) is 0 Å². The minimum atomic E-state index is 1.01. The molecule has 1 aliphatic rings. The smallest absolute Gasteiger partial charge is 0.116 e. The van der Waals surface area contributed by atoms with E-state index in [4.69, 9.17) is 0 Å². The highest BCUT2D eigenvalue weighted by atomic mass is 15.2. The molecule has 1 aliphatic heterocycles. The van der Waals surface area contributed by atoms with E-state index in [1.54, 1.807) is 0 Å². The molecule has 18 heavy (non-hydrogen) atoms. The number of aromatic nitrogens is 2. The molecule has 1 aromatic heterocycles. The largest absolute Gasteiger partial charge is 0.373 e. The van der Waals surface area contributed by atoms with Crippen LogP contribution in [0, 0.1) is 0 Å². The van der Waals surface area contributed by atoms with Crippen LogP contribution in [0.2, 0.25) is 0 Å². The number of benzene rings is 1. The van der Waals surface area contributed by atoms with Crippen LogP contribution < -0.4 is 4.90 Å². The lowest BCUT2D eigenvalue weighted by molar-refractivity contribution is 0.749. The summed E-state index contributed by atoms with van der Waals surface area (Å²) in [7, 11) is 2.15. The first-order valence-corrected chi connectivity index (χ1v) is 6.47. The van der Waals surface area contributed by atoms with Gasteiger partial charge in [-0.3, -0.25) is 0 Å². The normalized spacial score (nSPS) is 15.1. The lowest BCUT2D eigenvalue weighted by Crippen LogP contribution is -2.19. The van der Waals surface area contributed by atoms with Crippen LogP contribution in [0.3, 0.4) is 0 Å². The van der Waals surface area contributed by atoms with Crippen LogP contribution in [0.5, 0.6) is 0 Å². The van der Waals surface area contributed by atoms with Crippen LogP contribution in [-0.2, 0) is 6.42 Å². The maximum atomic E-state index is 4.36. The summed E-state index contributed by atoms with van der Waals surface area (Å²) in [6.45, 7) is 1.10. The van der Waals surface area contributed by atoms with Gasteiger partial charge < -0.3 is 4.90 Å². The molecular formula is C15H17N3. The van der Waals surface area contributed by atoms with E-state index in [9.17, 15) is 0 Å². The zero-order valence-corrected chi connectivity index (χ0v) is 10.6. The molecule has 3 nitrogen and oxygen atoms in total. The highest BCUT2D eigenvalue weighted by Gasteiger charge is 2.18. The predicted molar refractivity (Wildman–Crippen MR) is 73.7 cm³/mol. The van der Waals surface area contributed by atoms with Gasteiger partial charge in [0.05, 0.1) is 11.9 Å². The molecular weight excluding hydrogens is 222 g/mol. The Labute approximate surface area is 107 Å². The molecule has 3 rings (SSSR count). The van der Waals surface area contributed by atoms with Crippen molar-refractivity contribution < 1.29 is 0 Å². The number of anilines is 1. The molecule has 0 spiro atoms. The minimum Gasteiger partial charge on any atom is -0.373 e. The SMILES string of the molecule is CN1CCCCc2cnnc(-c3ccccc3)c21. The summed E-state index contributed by atoms with van der Waals surface area (Å²) in [6, 6.07) is 10.3. The van der Waals surface area contributed by atoms with Crippen molar-refractivity contribution in [1.29, 1.82) is 0 Å². The van der Waals surface area contributed by atoms with E-state index < -0.39 is 0 Å². The van der Waals surface area contributed by atoms with Gasteiger partial charge in [0, 0.05) is 19.2 Å². The lowest BCUT2D eigenvalue weighted by atomic mass is 10.0. The summed E-state index contributed by atoms with van der Waals surface area (Å²) < 4.78 is 0. The van der Waals surface area contributed by atoms with Crippen LogP contribution in [0.15, 0.2) is 36.5 Å². The third-order valence-corrected chi connectivity index (χ3v) is 3.52. The Bertz CT molecular complexity index is 537. The Balaban J connectivity index is 2.16. The molecule has 0 atom stereocenters. The van der Waals surface area contributed by atoms with Crippen molar-refractivity contribution in [1.82, 2.24) is 10.2 Å². The number of aryl methyl sites for hydroxylation is 1. The van der Waals surface area contributed by atoms with Gasteiger partial charge >= 0.3 is 0 Å². The lowest BCUT2D eigenvalue weighted by Gasteiger charge is -2.21. The quantitative estimate of drug-likeness (QED) is 0.766. The monoisotopic (exact) mass is 239 g/mol. The number of hydrogen-bond acceptors (Lipinski definition) is 3. The number of hydrogen-bond donors (Lipinski definition) is 0. The van der Waals surface area contributed by atoms with Crippen LogP contribution in [0.1, 0.15) is 18.4 Å². The Morgan fingerprint density at radius 3 is 2.78 bits per heavy atom. The third kappa shape index (κ3) is 1.96. The molecule has 3 heteroatoms. The molecule has 1 aromatic carbocycles. The highest BCUT2D eigenvalue weighted by Crippen LogP contribution is 2.33. The van der Waals surface area contributed by atoms with Gasteiger partial charge in [-0.05, 0) is 24.8 Å². The molecule has 0 N–H and O–H groups in total. The van der Waals surface area contributed by atoms with Crippen LogP contribution in [0.4, 0.5) is 5.69 Å². The summed E-state index contributed by atoms with van der Waals surface area (Å²) in [5.41, 5.74) is 4.74. The van der Waals surface area contributed by atoms with Crippen LogP contribution in [0.25, 0.3) is 11.3 Å². The van der Waals surface area contributed by atoms with Crippen molar-refractivity contribution in [2.24, 2.45) is 0 Å². The van der Waals surface area contributed by atoms with Crippen molar-refractivity contribution in [3.63, 3.8) is 0 Å². The van der Waals surface area contributed by atoms with Gasteiger partial charge in [0.2, 0.25) is 0 Å². The second kappa shape index (κ2) is 4.77. The van der Waals surface area contributed by atoms with Gasteiger partial charge in [-0.2, -0.15) is 5.10 Å².